The first kappa shape index (κ1) is 16.8. The van der Waals surface area contributed by atoms with Crippen LogP contribution in [0.15, 0.2) is 53.7 Å². The number of para-hydroxylation sites is 2. The van der Waals surface area contributed by atoms with Gasteiger partial charge in [-0.15, -0.1) is 0 Å². The zero-order chi connectivity index (χ0) is 16.8. The molecule has 1 aliphatic heterocycles. The van der Waals surface area contributed by atoms with E-state index in [-0.39, 0.29) is 5.91 Å². The van der Waals surface area contributed by atoms with Crippen LogP contribution in [-0.2, 0) is 4.79 Å². The number of hydrogen-bond donors (Lipinski definition) is 1. The van der Waals surface area contributed by atoms with E-state index < -0.39 is 0 Å². The predicted molar refractivity (Wildman–Crippen MR) is 99.7 cm³/mol. The minimum atomic E-state index is -0.00719. The van der Waals surface area contributed by atoms with E-state index in [0.29, 0.717) is 5.75 Å². The summed E-state index contributed by atoms with van der Waals surface area (Å²) >= 11 is 1.45. The van der Waals surface area contributed by atoms with Crippen LogP contribution in [0.3, 0.4) is 0 Å². The second-order valence-electron chi connectivity index (χ2n) is 5.81. The van der Waals surface area contributed by atoms with Gasteiger partial charge < -0.3 is 15.1 Å². The molecule has 1 saturated heterocycles. The quantitative estimate of drug-likeness (QED) is 0.847. The van der Waals surface area contributed by atoms with Crippen molar-refractivity contribution in [3.63, 3.8) is 0 Å². The maximum atomic E-state index is 12.3. The summed E-state index contributed by atoms with van der Waals surface area (Å²) in [5.74, 6) is 0.348. The first-order valence-corrected chi connectivity index (χ1v) is 9.07. The molecule has 1 aromatic carbocycles. The van der Waals surface area contributed by atoms with Gasteiger partial charge in [0.2, 0.25) is 5.91 Å². The van der Waals surface area contributed by atoms with Crippen LogP contribution in [0.2, 0.25) is 0 Å². The van der Waals surface area contributed by atoms with Crippen LogP contribution in [0, 0.1) is 0 Å². The fourth-order valence-corrected chi connectivity index (χ4v) is 3.32. The van der Waals surface area contributed by atoms with Gasteiger partial charge in [0, 0.05) is 32.4 Å². The number of rotatable bonds is 5. The van der Waals surface area contributed by atoms with E-state index in [2.05, 4.69) is 33.2 Å². The van der Waals surface area contributed by atoms with Gasteiger partial charge in [0.1, 0.15) is 0 Å². The van der Waals surface area contributed by atoms with E-state index in [1.807, 2.05) is 36.4 Å². The van der Waals surface area contributed by atoms with Gasteiger partial charge in [-0.05, 0) is 31.3 Å². The van der Waals surface area contributed by atoms with Crippen molar-refractivity contribution in [2.45, 2.75) is 5.03 Å². The Morgan fingerprint density at radius 2 is 1.88 bits per heavy atom. The summed E-state index contributed by atoms with van der Waals surface area (Å²) in [6, 6.07) is 13.7. The monoisotopic (exact) mass is 342 g/mol. The molecule has 5 nitrogen and oxygen atoms in total. The minimum Gasteiger partial charge on any atom is -0.367 e. The molecule has 0 aliphatic carbocycles. The predicted octanol–water partition coefficient (Wildman–Crippen LogP) is 2.56. The van der Waals surface area contributed by atoms with E-state index >= 15 is 0 Å². The average Bonchev–Trinajstić information content (AvgIpc) is 2.62. The molecule has 6 heteroatoms. The minimum absolute atomic E-state index is 0.00719. The summed E-state index contributed by atoms with van der Waals surface area (Å²) in [4.78, 5) is 21.2. The number of hydrogen-bond acceptors (Lipinski definition) is 5. The summed E-state index contributed by atoms with van der Waals surface area (Å²) in [5, 5.41) is 3.91. The van der Waals surface area contributed by atoms with E-state index in [9.17, 15) is 4.79 Å². The Labute approximate surface area is 147 Å². The van der Waals surface area contributed by atoms with Gasteiger partial charge in [-0.3, -0.25) is 4.79 Å². The summed E-state index contributed by atoms with van der Waals surface area (Å²) in [7, 11) is 2.14. The smallest absolute Gasteiger partial charge is 0.234 e. The molecule has 1 amide bonds. The Morgan fingerprint density at radius 1 is 1.12 bits per heavy atom. The van der Waals surface area contributed by atoms with Crippen LogP contribution in [0.4, 0.5) is 11.4 Å². The van der Waals surface area contributed by atoms with Gasteiger partial charge >= 0.3 is 0 Å². The van der Waals surface area contributed by atoms with Gasteiger partial charge in [0.05, 0.1) is 22.2 Å². The SMILES string of the molecule is CN1CCN(c2ccccc2NC(=O)CSc2ccccn2)CC1. The number of thioether (sulfide) groups is 1. The summed E-state index contributed by atoms with van der Waals surface area (Å²) in [5.41, 5.74) is 1.98. The summed E-state index contributed by atoms with van der Waals surface area (Å²) in [6.07, 6.45) is 1.74. The number of carbonyl (C=O) groups is 1. The van der Waals surface area contributed by atoms with E-state index in [0.717, 1.165) is 42.6 Å². The second kappa shape index (κ2) is 8.17. The molecule has 0 unspecified atom stereocenters. The standard InChI is InChI=1S/C18H22N4OS/c1-21-10-12-22(13-11-21)16-7-3-2-6-15(16)20-17(23)14-24-18-8-4-5-9-19-18/h2-9H,10-14H2,1H3,(H,20,23). The van der Waals surface area contributed by atoms with Crippen molar-refractivity contribution in [1.29, 1.82) is 0 Å². The number of aromatic nitrogens is 1. The topological polar surface area (TPSA) is 48.5 Å². The Morgan fingerprint density at radius 3 is 2.62 bits per heavy atom. The second-order valence-corrected chi connectivity index (χ2v) is 6.81. The zero-order valence-electron chi connectivity index (χ0n) is 13.8. The van der Waals surface area contributed by atoms with Crippen LogP contribution in [0.5, 0.6) is 0 Å². The summed E-state index contributed by atoms with van der Waals surface area (Å²) in [6.45, 7) is 4.04. The number of nitrogens with one attached hydrogen (secondary N) is 1. The third kappa shape index (κ3) is 4.49. The first-order valence-electron chi connectivity index (χ1n) is 8.08. The fourth-order valence-electron chi connectivity index (χ4n) is 2.66. The van der Waals surface area contributed by atoms with E-state index in [1.54, 1.807) is 6.20 Å². The number of amides is 1. The Hall–Kier alpha value is -2.05. The number of anilines is 2. The van der Waals surface area contributed by atoms with Crippen molar-refractivity contribution in [3.05, 3.63) is 48.7 Å². The van der Waals surface area contributed by atoms with Crippen molar-refractivity contribution in [1.82, 2.24) is 9.88 Å². The molecule has 0 spiro atoms. The number of piperazine rings is 1. The van der Waals surface area contributed by atoms with Crippen LogP contribution in [-0.4, -0.2) is 54.8 Å². The van der Waals surface area contributed by atoms with Gasteiger partial charge in [-0.1, -0.05) is 30.0 Å². The molecule has 126 valence electrons. The molecular weight excluding hydrogens is 320 g/mol. The number of likely N-dealkylation sites (N-methyl/N-ethyl adjacent to an activating group) is 1. The van der Waals surface area contributed by atoms with Crippen molar-refractivity contribution < 1.29 is 4.79 Å². The molecule has 2 aromatic rings. The van der Waals surface area contributed by atoms with E-state index in [4.69, 9.17) is 0 Å². The lowest BCUT2D eigenvalue weighted by Crippen LogP contribution is -2.44. The molecule has 2 heterocycles. The highest BCUT2D eigenvalue weighted by Gasteiger charge is 2.17. The Balaban J connectivity index is 1.61. The lowest BCUT2D eigenvalue weighted by Gasteiger charge is -2.35. The Kier molecular flexibility index (Phi) is 5.72. The molecule has 0 radical (unpaired) electrons. The lowest BCUT2D eigenvalue weighted by atomic mass is 10.2. The third-order valence-electron chi connectivity index (χ3n) is 4.01. The maximum Gasteiger partial charge on any atom is 0.234 e. The van der Waals surface area contributed by atoms with E-state index in [1.165, 1.54) is 11.8 Å². The van der Waals surface area contributed by atoms with Crippen LogP contribution in [0.1, 0.15) is 0 Å². The van der Waals surface area contributed by atoms with Gasteiger partial charge in [0.25, 0.3) is 0 Å². The molecule has 0 bridgehead atoms. The van der Waals surface area contributed by atoms with Gasteiger partial charge in [0.15, 0.2) is 0 Å². The number of pyridine rings is 1. The zero-order valence-corrected chi connectivity index (χ0v) is 14.6. The van der Waals surface area contributed by atoms with Gasteiger partial charge in [-0.2, -0.15) is 0 Å². The molecule has 1 aliphatic rings. The van der Waals surface area contributed by atoms with Crippen LogP contribution < -0.4 is 10.2 Å². The highest BCUT2D eigenvalue weighted by atomic mass is 32.2. The highest BCUT2D eigenvalue weighted by molar-refractivity contribution is 7.99. The Bertz CT molecular complexity index is 672. The molecular formula is C18H22N4OS. The number of carbonyl (C=O) groups excluding carboxylic acids is 1. The fraction of sp³-hybridized carbons (Fsp3) is 0.333. The van der Waals surface area contributed by atoms with Crippen molar-refractivity contribution >= 4 is 29.0 Å². The maximum absolute atomic E-state index is 12.3. The number of benzene rings is 1. The van der Waals surface area contributed by atoms with Crippen LogP contribution >= 0.6 is 11.8 Å². The lowest BCUT2D eigenvalue weighted by molar-refractivity contribution is -0.113. The average molecular weight is 342 g/mol. The molecule has 24 heavy (non-hydrogen) atoms. The highest BCUT2D eigenvalue weighted by Crippen LogP contribution is 2.27. The van der Waals surface area contributed by atoms with Crippen molar-refractivity contribution in [3.8, 4) is 0 Å². The normalized spacial score (nSPS) is 15.3. The largest absolute Gasteiger partial charge is 0.367 e. The van der Waals surface area contributed by atoms with Crippen molar-refractivity contribution in [2.75, 3.05) is 49.2 Å². The van der Waals surface area contributed by atoms with Crippen LogP contribution in [0.25, 0.3) is 0 Å². The molecule has 1 N–H and O–H groups in total. The molecule has 1 aromatic heterocycles. The van der Waals surface area contributed by atoms with Gasteiger partial charge in [-0.25, -0.2) is 4.98 Å². The summed E-state index contributed by atoms with van der Waals surface area (Å²) < 4.78 is 0. The first-order chi connectivity index (χ1) is 11.7. The molecule has 0 saturated carbocycles. The molecule has 3 rings (SSSR count). The third-order valence-corrected chi connectivity index (χ3v) is 4.95. The molecule has 0 atom stereocenters. The number of nitrogens with zero attached hydrogens (tertiary/aromatic N) is 3. The molecule has 1 fully saturated rings. The van der Waals surface area contributed by atoms with Crippen molar-refractivity contribution in [2.24, 2.45) is 0 Å².